The van der Waals surface area contributed by atoms with Gasteiger partial charge in [0.25, 0.3) is 0 Å². The topological polar surface area (TPSA) is 46.2 Å². The molecule has 0 saturated heterocycles. The molecule has 2 nitrogen and oxygen atoms in total. The van der Waals surface area contributed by atoms with Gasteiger partial charge in [-0.1, -0.05) is 50.1 Å². The molecular formula is C15H14Br2FNO. The maximum atomic E-state index is 13.4. The zero-order valence-corrected chi connectivity index (χ0v) is 13.7. The molecule has 0 aliphatic carbocycles. The van der Waals surface area contributed by atoms with Crippen LogP contribution >= 0.6 is 31.9 Å². The Morgan fingerprint density at radius 1 is 1.05 bits per heavy atom. The summed E-state index contributed by atoms with van der Waals surface area (Å²) < 4.78 is 14.9. The smallest absolute Gasteiger partial charge is 0.123 e. The van der Waals surface area contributed by atoms with Crippen LogP contribution in [0.5, 0.6) is 0 Å². The van der Waals surface area contributed by atoms with Gasteiger partial charge in [0.15, 0.2) is 0 Å². The summed E-state index contributed by atoms with van der Waals surface area (Å²) in [5.74, 6) is -0.700. The summed E-state index contributed by atoms with van der Waals surface area (Å²) in [4.78, 5) is 0. The first kappa shape index (κ1) is 15.6. The number of aliphatic hydroxyl groups excluding tert-OH is 1. The van der Waals surface area contributed by atoms with Crippen LogP contribution in [0, 0.1) is 5.82 Å². The molecule has 0 aliphatic heterocycles. The molecule has 0 heterocycles. The van der Waals surface area contributed by atoms with Gasteiger partial charge in [-0.25, -0.2) is 4.39 Å². The lowest BCUT2D eigenvalue weighted by Gasteiger charge is -2.24. The van der Waals surface area contributed by atoms with Gasteiger partial charge in [-0.3, -0.25) is 0 Å². The van der Waals surface area contributed by atoms with Crippen molar-refractivity contribution in [2.24, 2.45) is 5.73 Å². The third kappa shape index (κ3) is 3.28. The SMILES string of the molecule is NCC(c1ccccc1Br)C(O)c1cc(F)ccc1Br. The van der Waals surface area contributed by atoms with Gasteiger partial charge < -0.3 is 10.8 Å². The van der Waals surface area contributed by atoms with Crippen molar-refractivity contribution in [3.05, 3.63) is 68.4 Å². The molecular weight excluding hydrogens is 389 g/mol. The summed E-state index contributed by atoms with van der Waals surface area (Å²) in [5, 5.41) is 10.6. The minimum atomic E-state index is -0.885. The van der Waals surface area contributed by atoms with E-state index in [4.69, 9.17) is 5.73 Å². The van der Waals surface area contributed by atoms with E-state index >= 15 is 0 Å². The highest BCUT2D eigenvalue weighted by molar-refractivity contribution is 9.10. The van der Waals surface area contributed by atoms with Gasteiger partial charge in [-0.15, -0.1) is 0 Å². The molecule has 2 aromatic rings. The number of aliphatic hydroxyl groups is 1. The van der Waals surface area contributed by atoms with Crippen molar-refractivity contribution in [2.45, 2.75) is 12.0 Å². The molecule has 20 heavy (non-hydrogen) atoms. The Balaban J connectivity index is 2.41. The molecule has 106 valence electrons. The molecule has 2 atom stereocenters. The van der Waals surface area contributed by atoms with Crippen LogP contribution in [0.3, 0.4) is 0 Å². The second-order valence-corrected chi connectivity index (χ2v) is 6.18. The Bertz CT molecular complexity index is 606. The van der Waals surface area contributed by atoms with E-state index in [9.17, 15) is 9.50 Å². The van der Waals surface area contributed by atoms with E-state index in [1.807, 2.05) is 24.3 Å². The number of benzene rings is 2. The van der Waals surface area contributed by atoms with Gasteiger partial charge in [-0.05, 0) is 35.4 Å². The van der Waals surface area contributed by atoms with Gasteiger partial charge in [0.05, 0.1) is 6.10 Å². The molecule has 0 fully saturated rings. The molecule has 0 radical (unpaired) electrons. The minimum Gasteiger partial charge on any atom is -0.388 e. The van der Waals surface area contributed by atoms with Crippen molar-refractivity contribution < 1.29 is 9.50 Å². The van der Waals surface area contributed by atoms with Crippen molar-refractivity contribution in [2.75, 3.05) is 6.54 Å². The lowest BCUT2D eigenvalue weighted by atomic mass is 9.89. The highest BCUT2D eigenvalue weighted by Crippen LogP contribution is 2.37. The predicted octanol–water partition coefficient (Wildman–Crippen LogP) is 4.13. The largest absolute Gasteiger partial charge is 0.388 e. The van der Waals surface area contributed by atoms with Crippen LogP contribution in [0.15, 0.2) is 51.4 Å². The number of hydrogen-bond acceptors (Lipinski definition) is 2. The fraction of sp³-hybridized carbons (Fsp3) is 0.200. The summed E-state index contributed by atoms with van der Waals surface area (Å²) in [6, 6.07) is 11.8. The van der Waals surface area contributed by atoms with E-state index in [0.29, 0.717) is 10.0 Å². The lowest BCUT2D eigenvalue weighted by molar-refractivity contribution is 0.146. The number of nitrogens with two attached hydrogens (primary N) is 1. The Morgan fingerprint density at radius 2 is 1.70 bits per heavy atom. The Hall–Kier alpha value is -0.750. The standard InChI is InChI=1S/C15H14Br2FNO/c16-13-4-2-1-3-10(13)12(8-19)15(20)11-7-9(18)5-6-14(11)17/h1-7,12,15,20H,8,19H2. The molecule has 0 aromatic heterocycles. The van der Waals surface area contributed by atoms with Gasteiger partial charge in [-0.2, -0.15) is 0 Å². The molecule has 0 spiro atoms. The third-order valence-electron chi connectivity index (χ3n) is 3.22. The van der Waals surface area contributed by atoms with Crippen molar-refractivity contribution in [1.29, 1.82) is 0 Å². The lowest BCUT2D eigenvalue weighted by Crippen LogP contribution is -2.21. The number of halogens is 3. The first-order valence-electron chi connectivity index (χ1n) is 6.12. The van der Waals surface area contributed by atoms with Crippen molar-refractivity contribution in [1.82, 2.24) is 0 Å². The van der Waals surface area contributed by atoms with Crippen LogP contribution in [0.1, 0.15) is 23.1 Å². The van der Waals surface area contributed by atoms with E-state index in [2.05, 4.69) is 31.9 Å². The summed E-state index contributed by atoms with van der Waals surface area (Å²) in [7, 11) is 0. The molecule has 0 amide bonds. The van der Waals surface area contributed by atoms with Crippen molar-refractivity contribution in [3.63, 3.8) is 0 Å². The number of rotatable bonds is 4. The van der Waals surface area contributed by atoms with Crippen LogP contribution in [0.25, 0.3) is 0 Å². The van der Waals surface area contributed by atoms with E-state index in [0.717, 1.165) is 10.0 Å². The van der Waals surface area contributed by atoms with Crippen LogP contribution in [0.2, 0.25) is 0 Å². The molecule has 0 aliphatic rings. The molecule has 5 heteroatoms. The Labute approximate surface area is 134 Å². The maximum absolute atomic E-state index is 13.4. The quantitative estimate of drug-likeness (QED) is 0.807. The van der Waals surface area contributed by atoms with E-state index in [1.165, 1.54) is 12.1 Å². The summed E-state index contributed by atoms with van der Waals surface area (Å²) in [6.45, 7) is 0.257. The fourth-order valence-electron chi connectivity index (χ4n) is 2.16. The minimum absolute atomic E-state index is 0.257. The zero-order valence-electron chi connectivity index (χ0n) is 10.6. The normalized spacial score (nSPS) is 14.1. The van der Waals surface area contributed by atoms with E-state index < -0.39 is 6.10 Å². The monoisotopic (exact) mass is 401 g/mol. The van der Waals surface area contributed by atoms with Crippen LogP contribution in [-0.2, 0) is 0 Å². The van der Waals surface area contributed by atoms with Gasteiger partial charge in [0, 0.05) is 21.4 Å². The average Bonchev–Trinajstić information content (AvgIpc) is 2.44. The van der Waals surface area contributed by atoms with E-state index in [-0.39, 0.29) is 18.3 Å². The summed E-state index contributed by atoms with van der Waals surface area (Å²) in [5.41, 5.74) is 7.21. The second-order valence-electron chi connectivity index (χ2n) is 4.47. The average molecular weight is 403 g/mol. The number of hydrogen-bond donors (Lipinski definition) is 2. The van der Waals surface area contributed by atoms with Gasteiger partial charge in [0.2, 0.25) is 0 Å². The molecule has 0 bridgehead atoms. The summed E-state index contributed by atoms with van der Waals surface area (Å²) in [6.07, 6.45) is -0.885. The van der Waals surface area contributed by atoms with E-state index in [1.54, 1.807) is 6.07 Å². The van der Waals surface area contributed by atoms with Crippen molar-refractivity contribution >= 4 is 31.9 Å². The van der Waals surface area contributed by atoms with Crippen LogP contribution < -0.4 is 5.73 Å². The Morgan fingerprint density at radius 3 is 2.35 bits per heavy atom. The first-order chi connectivity index (χ1) is 9.54. The zero-order chi connectivity index (χ0) is 14.7. The fourth-order valence-corrected chi connectivity index (χ4v) is 3.22. The summed E-state index contributed by atoms with van der Waals surface area (Å²) >= 11 is 6.80. The maximum Gasteiger partial charge on any atom is 0.123 e. The van der Waals surface area contributed by atoms with Crippen LogP contribution in [-0.4, -0.2) is 11.7 Å². The third-order valence-corrected chi connectivity index (χ3v) is 4.66. The first-order valence-corrected chi connectivity index (χ1v) is 7.70. The highest BCUT2D eigenvalue weighted by atomic mass is 79.9. The molecule has 3 N–H and O–H groups in total. The molecule has 2 unspecified atom stereocenters. The predicted molar refractivity (Wildman–Crippen MR) is 85.0 cm³/mol. The molecule has 2 rings (SSSR count). The van der Waals surface area contributed by atoms with Crippen LogP contribution in [0.4, 0.5) is 4.39 Å². The molecule has 2 aromatic carbocycles. The molecule has 0 saturated carbocycles. The van der Waals surface area contributed by atoms with Crippen molar-refractivity contribution in [3.8, 4) is 0 Å². The van der Waals surface area contributed by atoms with Gasteiger partial charge in [0.1, 0.15) is 5.82 Å². The van der Waals surface area contributed by atoms with Gasteiger partial charge >= 0.3 is 0 Å². The second kappa shape index (κ2) is 6.80. The highest BCUT2D eigenvalue weighted by Gasteiger charge is 2.25. The Kier molecular flexibility index (Phi) is 5.32.